The standard InChI is InChI=1S/C28H45NO4/c1-17-10-12-29(13-11-17)16-26(32)33-25-15-28(3)23(18(2)30)8-9-24(28)22-6-4-19-14-20(31)5-7-21(19)27(22)25/h17,19-25,27,31H,4-16H2,1-3H3/t19-,20+,21-,22-,23+,24-,25-,27+,28+/m0/s1. The van der Waals surface area contributed by atoms with Gasteiger partial charge < -0.3 is 9.84 Å². The van der Waals surface area contributed by atoms with Gasteiger partial charge in [-0.25, -0.2) is 0 Å². The van der Waals surface area contributed by atoms with Gasteiger partial charge in [-0.05, 0) is 119 Å². The molecule has 1 heterocycles. The number of carbonyl (C=O) groups excluding carboxylic acids is 2. The van der Waals surface area contributed by atoms with E-state index in [1.807, 2.05) is 0 Å². The zero-order valence-electron chi connectivity index (χ0n) is 21.0. The molecule has 4 aliphatic carbocycles. The van der Waals surface area contributed by atoms with Gasteiger partial charge in [-0.15, -0.1) is 0 Å². The lowest BCUT2D eigenvalue weighted by Crippen LogP contribution is -2.56. The number of aliphatic hydroxyl groups excluding tert-OH is 1. The van der Waals surface area contributed by atoms with Gasteiger partial charge >= 0.3 is 5.97 Å². The number of hydrogen-bond acceptors (Lipinski definition) is 5. The number of likely N-dealkylation sites (tertiary alicyclic amines) is 1. The summed E-state index contributed by atoms with van der Waals surface area (Å²) in [5.74, 6) is 3.77. The quantitative estimate of drug-likeness (QED) is 0.629. The molecule has 5 heteroatoms. The van der Waals surface area contributed by atoms with Crippen LogP contribution in [0.25, 0.3) is 0 Å². The van der Waals surface area contributed by atoms with E-state index in [2.05, 4.69) is 18.7 Å². The van der Waals surface area contributed by atoms with Crippen molar-refractivity contribution in [1.29, 1.82) is 0 Å². The average Bonchev–Trinajstić information content (AvgIpc) is 3.12. The summed E-state index contributed by atoms with van der Waals surface area (Å²) in [5, 5.41) is 10.3. The lowest BCUT2D eigenvalue weighted by atomic mass is 9.48. The van der Waals surface area contributed by atoms with Gasteiger partial charge in [-0.2, -0.15) is 0 Å². The number of ketones is 1. The summed E-state index contributed by atoms with van der Waals surface area (Å²) >= 11 is 0. The first kappa shape index (κ1) is 23.8. The van der Waals surface area contributed by atoms with Crippen LogP contribution in [0, 0.1) is 46.8 Å². The van der Waals surface area contributed by atoms with Crippen LogP contribution in [-0.2, 0) is 14.3 Å². The number of nitrogens with zero attached hydrogens (tertiary/aromatic N) is 1. The Labute approximate surface area is 200 Å². The summed E-state index contributed by atoms with van der Waals surface area (Å²) in [6, 6.07) is 0. The molecule has 4 saturated carbocycles. The molecule has 0 aromatic carbocycles. The molecule has 1 aliphatic heterocycles. The van der Waals surface area contributed by atoms with Gasteiger partial charge in [0, 0.05) is 11.8 Å². The molecule has 0 radical (unpaired) electrons. The number of carbonyl (C=O) groups is 2. The van der Waals surface area contributed by atoms with Gasteiger partial charge in [-0.3, -0.25) is 14.5 Å². The van der Waals surface area contributed by atoms with Crippen molar-refractivity contribution in [2.45, 2.75) is 97.2 Å². The predicted molar refractivity (Wildman–Crippen MR) is 127 cm³/mol. The van der Waals surface area contributed by atoms with E-state index in [4.69, 9.17) is 4.74 Å². The number of piperidine rings is 1. The van der Waals surface area contributed by atoms with E-state index in [0.717, 1.165) is 70.4 Å². The van der Waals surface area contributed by atoms with Gasteiger partial charge in [0.15, 0.2) is 0 Å². The van der Waals surface area contributed by atoms with Crippen LogP contribution >= 0.6 is 0 Å². The Balaban J connectivity index is 1.37. The molecule has 0 spiro atoms. The van der Waals surface area contributed by atoms with E-state index >= 15 is 0 Å². The number of aliphatic hydroxyl groups is 1. The van der Waals surface area contributed by atoms with Crippen molar-refractivity contribution in [3.05, 3.63) is 0 Å². The monoisotopic (exact) mass is 459 g/mol. The third-order valence-electron chi connectivity index (χ3n) is 10.9. The number of fused-ring (bicyclic) bond motifs is 5. The van der Waals surface area contributed by atoms with Crippen molar-refractivity contribution < 1.29 is 19.4 Å². The first-order valence-electron chi connectivity index (χ1n) is 13.9. The number of esters is 1. The molecule has 0 amide bonds. The van der Waals surface area contributed by atoms with Crippen molar-refractivity contribution in [1.82, 2.24) is 4.90 Å². The Hall–Kier alpha value is -0.940. The highest BCUT2D eigenvalue weighted by molar-refractivity contribution is 5.79. The molecule has 33 heavy (non-hydrogen) atoms. The molecular weight excluding hydrogens is 414 g/mol. The van der Waals surface area contributed by atoms with E-state index in [9.17, 15) is 14.7 Å². The molecule has 5 aliphatic rings. The molecule has 0 aromatic heterocycles. The van der Waals surface area contributed by atoms with Gasteiger partial charge in [0.2, 0.25) is 0 Å². The highest BCUT2D eigenvalue weighted by atomic mass is 16.5. The molecule has 1 N–H and O–H groups in total. The van der Waals surface area contributed by atoms with Crippen molar-refractivity contribution in [2.24, 2.45) is 46.8 Å². The van der Waals surface area contributed by atoms with E-state index in [1.165, 1.54) is 12.8 Å². The van der Waals surface area contributed by atoms with Crippen molar-refractivity contribution in [3.8, 4) is 0 Å². The number of hydrogen-bond donors (Lipinski definition) is 1. The fourth-order valence-electron chi connectivity index (χ4n) is 9.27. The summed E-state index contributed by atoms with van der Waals surface area (Å²) in [4.78, 5) is 28.1. The third kappa shape index (κ3) is 4.42. The van der Waals surface area contributed by atoms with Gasteiger partial charge in [0.25, 0.3) is 0 Å². The van der Waals surface area contributed by atoms with E-state index < -0.39 is 0 Å². The predicted octanol–water partition coefficient (Wildman–Crippen LogP) is 4.46. The summed E-state index contributed by atoms with van der Waals surface area (Å²) in [6.07, 6.45) is 10.3. The lowest BCUT2D eigenvalue weighted by molar-refractivity contribution is -0.181. The fraction of sp³-hybridized carbons (Fsp3) is 0.929. The molecule has 0 aromatic rings. The third-order valence-corrected chi connectivity index (χ3v) is 10.9. The second-order valence-electron chi connectivity index (χ2n) is 12.8. The number of ether oxygens (including phenoxy) is 1. The van der Waals surface area contributed by atoms with Crippen LogP contribution in [-0.4, -0.2) is 53.6 Å². The maximum Gasteiger partial charge on any atom is 0.320 e. The van der Waals surface area contributed by atoms with Crippen LogP contribution in [0.5, 0.6) is 0 Å². The molecular formula is C28H45NO4. The summed E-state index contributed by atoms with van der Waals surface area (Å²) < 4.78 is 6.41. The number of rotatable bonds is 4. The molecule has 0 bridgehead atoms. The van der Waals surface area contributed by atoms with Crippen molar-refractivity contribution in [2.75, 3.05) is 19.6 Å². The Morgan fingerprint density at radius 1 is 1.00 bits per heavy atom. The smallest absolute Gasteiger partial charge is 0.320 e. The van der Waals surface area contributed by atoms with Gasteiger partial charge in [-0.1, -0.05) is 13.8 Å². The molecule has 9 atom stereocenters. The van der Waals surface area contributed by atoms with Gasteiger partial charge in [0.05, 0.1) is 12.6 Å². The van der Waals surface area contributed by atoms with E-state index in [0.29, 0.717) is 41.9 Å². The van der Waals surface area contributed by atoms with Crippen LogP contribution in [0.4, 0.5) is 0 Å². The minimum absolute atomic E-state index is 0.0421. The van der Waals surface area contributed by atoms with Crippen LogP contribution < -0.4 is 0 Å². The summed E-state index contributed by atoms with van der Waals surface area (Å²) in [7, 11) is 0. The van der Waals surface area contributed by atoms with Crippen molar-refractivity contribution >= 4 is 11.8 Å². The average molecular weight is 460 g/mol. The molecule has 5 rings (SSSR count). The highest BCUT2D eigenvalue weighted by Crippen LogP contribution is 2.64. The zero-order chi connectivity index (χ0) is 23.3. The Kier molecular flexibility index (Phi) is 6.67. The van der Waals surface area contributed by atoms with Gasteiger partial charge in [0.1, 0.15) is 11.9 Å². The fourth-order valence-corrected chi connectivity index (χ4v) is 9.27. The van der Waals surface area contributed by atoms with E-state index in [-0.39, 0.29) is 29.5 Å². The lowest BCUT2D eigenvalue weighted by Gasteiger charge is -2.58. The Morgan fingerprint density at radius 2 is 1.73 bits per heavy atom. The molecule has 5 fully saturated rings. The first-order valence-corrected chi connectivity index (χ1v) is 13.9. The molecule has 0 unspecified atom stereocenters. The van der Waals surface area contributed by atoms with Crippen LogP contribution in [0.15, 0.2) is 0 Å². The summed E-state index contributed by atoms with van der Waals surface area (Å²) in [5.41, 5.74) is -0.0421. The molecule has 1 saturated heterocycles. The molecule has 5 nitrogen and oxygen atoms in total. The zero-order valence-corrected chi connectivity index (χ0v) is 21.0. The minimum atomic E-state index is -0.160. The largest absolute Gasteiger partial charge is 0.461 e. The Morgan fingerprint density at radius 3 is 2.45 bits per heavy atom. The Bertz CT molecular complexity index is 746. The maximum atomic E-state index is 13.2. The van der Waals surface area contributed by atoms with Crippen LogP contribution in [0.2, 0.25) is 0 Å². The van der Waals surface area contributed by atoms with Crippen LogP contribution in [0.3, 0.4) is 0 Å². The first-order chi connectivity index (χ1) is 15.8. The summed E-state index contributed by atoms with van der Waals surface area (Å²) in [6.45, 7) is 8.77. The SMILES string of the molecule is CC(=O)[C@H]1CC[C@H]2[C@@H]3CC[C@H]4C[C@H](O)CC[C@@H]4[C@H]3[C@@H](OC(=O)CN3CCC(C)CC3)C[C@]12C. The molecule has 186 valence electrons. The van der Waals surface area contributed by atoms with Crippen molar-refractivity contribution in [3.63, 3.8) is 0 Å². The second kappa shape index (κ2) is 9.26. The topological polar surface area (TPSA) is 66.8 Å². The normalized spacial score (nSPS) is 46.2. The number of Topliss-reactive ketones (excluding diaryl/α,β-unsaturated/α-hetero) is 1. The highest BCUT2D eigenvalue weighted by Gasteiger charge is 2.61. The minimum Gasteiger partial charge on any atom is -0.461 e. The van der Waals surface area contributed by atoms with Crippen LogP contribution in [0.1, 0.15) is 85.0 Å². The van der Waals surface area contributed by atoms with E-state index in [1.54, 1.807) is 6.92 Å². The maximum absolute atomic E-state index is 13.2. The second-order valence-corrected chi connectivity index (χ2v) is 12.8.